The summed E-state index contributed by atoms with van der Waals surface area (Å²) in [6.45, 7) is 3.06. The van der Waals surface area contributed by atoms with Crippen LogP contribution in [0.5, 0.6) is 0 Å². The molecule has 1 amide bonds. The van der Waals surface area contributed by atoms with Gasteiger partial charge < -0.3 is 4.90 Å². The minimum atomic E-state index is -0.0222. The molecule has 2 rings (SSSR count). The van der Waals surface area contributed by atoms with Crippen molar-refractivity contribution in [1.82, 2.24) is 9.91 Å². The van der Waals surface area contributed by atoms with Gasteiger partial charge in [0.2, 0.25) is 6.04 Å². The number of carbonyl (C=O) groups is 1. The summed E-state index contributed by atoms with van der Waals surface area (Å²) in [5.74, 6) is 0.00463. The van der Waals surface area contributed by atoms with Crippen LogP contribution in [-0.2, 0) is 17.2 Å². The van der Waals surface area contributed by atoms with E-state index in [1.165, 1.54) is 17.1 Å². The Hall–Kier alpha value is -1.23. The minimum absolute atomic E-state index is 0.00463. The van der Waals surface area contributed by atoms with Crippen LogP contribution in [0.4, 0.5) is 0 Å². The van der Waals surface area contributed by atoms with E-state index >= 15 is 0 Å². The van der Waals surface area contributed by atoms with Crippen molar-refractivity contribution in [1.29, 1.82) is 0 Å². The Morgan fingerprint density at radius 2 is 2.12 bits per heavy atom. The monoisotopic (exact) mass is 252 g/mol. The van der Waals surface area contributed by atoms with Crippen molar-refractivity contribution in [2.75, 3.05) is 20.6 Å². The Morgan fingerprint density at radius 3 is 2.59 bits per heavy atom. The molecule has 0 saturated carbocycles. The number of likely N-dealkylation sites (tertiary alicyclic amines) is 1. The molecule has 0 aromatic rings. The van der Waals surface area contributed by atoms with Crippen molar-refractivity contribution < 1.29 is 8.85 Å². The molecule has 0 aromatic heterocycles. The molecule has 0 aromatic carbocycles. The van der Waals surface area contributed by atoms with Crippen molar-refractivity contribution in [3.05, 3.63) is 23.4 Å². The first kappa shape index (κ1) is 12.2. The van der Waals surface area contributed by atoms with Gasteiger partial charge >= 0.3 is 5.91 Å². The maximum atomic E-state index is 11.9. The molecular formula is C12H18N3OS+. The Labute approximate surface area is 107 Å². The molecule has 4 nitrogen and oxygen atoms in total. The average molecular weight is 252 g/mol. The molecule has 0 radical (unpaired) electrons. The zero-order valence-corrected chi connectivity index (χ0v) is 11.3. The Balaban J connectivity index is 2.23. The summed E-state index contributed by atoms with van der Waals surface area (Å²) in [6, 6.07) is -0.0222. The van der Waals surface area contributed by atoms with E-state index in [0.29, 0.717) is 0 Å². The number of nitrogens with zero attached hydrogens (tertiary/aromatic N) is 3. The molecule has 0 bridgehead atoms. The first-order valence-corrected chi connectivity index (χ1v) is 6.25. The molecule has 1 atom stereocenters. The quantitative estimate of drug-likeness (QED) is 0.515. The number of hydrogen-bond donors (Lipinski definition) is 0. The van der Waals surface area contributed by atoms with Gasteiger partial charge in [0.05, 0.1) is 12.6 Å². The van der Waals surface area contributed by atoms with Gasteiger partial charge in [-0.1, -0.05) is 0 Å². The lowest BCUT2D eigenvalue weighted by Gasteiger charge is -2.11. The zero-order chi connectivity index (χ0) is 12.6. The van der Waals surface area contributed by atoms with Crippen molar-refractivity contribution in [3.63, 3.8) is 0 Å². The number of amides is 1. The van der Waals surface area contributed by atoms with Crippen molar-refractivity contribution in [2.24, 2.45) is 0 Å². The fraction of sp³-hybridized carbons (Fsp3) is 0.583. The van der Waals surface area contributed by atoms with Crippen LogP contribution in [0.1, 0.15) is 19.8 Å². The van der Waals surface area contributed by atoms with E-state index < -0.39 is 0 Å². The summed E-state index contributed by atoms with van der Waals surface area (Å²) in [6.07, 6.45) is 6.27. The van der Waals surface area contributed by atoms with Gasteiger partial charge in [-0.3, -0.25) is 4.79 Å². The molecule has 17 heavy (non-hydrogen) atoms. The van der Waals surface area contributed by atoms with Crippen LogP contribution >= 0.6 is 0 Å². The predicted octanol–water partition coefficient (Wildman–Crippen LogP) is 1.04. The first-order chi connectivity index (χ1) is 8.02. The smallest absolute Gasteiger partial charge is 0.311 e. The molecule has 2 aliphatic heterocycles. The molecule has 0 aliphatic carbocycles. The topological polar surface area (TPSA) is 26.6 Å². The van der Waals surface area contributed by atoms with Crippen LogP contribution in [0.25, 0.3) is 0 Å². The van der Waals surface area contributed by atoms with Crippen LogP contribution in [0.15, 0.2) is 23.4 Å². The number of likely N-dealkylation sites (N-methyl/N-ethyl adjacent to an activating group) is 1. The van der Waals surface area contributed by atoms with Crippen molar-refractivity contribution in [3.8, 4) is 0 Å². The third-order valence-electron chi connectivity index (χ3n) is 3.49. The number of hydrazine groups is 1. The summed E-state index contributed by atoms with van der Waals surface area (Å²) in [5, 5.41) is 1.49. The minimum Gasteiger partial charge on any atom is -0.378 e. The average Bonchev–Trinajstić information content (AvgIpc) is 2.78. The molecule has 2 heterocycles. The van der Waals surface area contributed by atoms with E-state index in [0.717, 1.165) is 18.5 Å². The van der Waals surface area contributed by atoms with Crippen LogP contribution in [0.3, 0.4) is 0 Å². The summed E-state index contributed by atoms with van der Waals surface area (Å²) >= 11 is 5.14. The fourth-order valence-corrected chi connectivity index (χ4v) is 2.46. The molecule has 0 spiro atoms. The molecule has 2 aliphatic rings. The van der Waals surface area contributed by atoms with Gasteiger partial charge in [0.15, 0.2) is 0 Å². The second kappa shape index (κ2) is 4.56. The fourth-order valence-electron chi connectivity index (χ4n) is 2.27. The molecular weight excluding hydrogens is 234 g/mol. The summed E-state index contributed by atoms with van der Waals surface area (Å²) in [7, 11) is 3.80. The van der Waals surface area contributed by atoms with E-state index in [9.17, 15) is 4.79 Å². The zero-order valence-electron chi connectivity index (χ0n) is 10.5. The molecule has 2 fully saturated rings. The first-order valence-electron chi connectivity index (χ1n) is 5.88. The second-order valence-electron chi connectivity index (χ2n) is 4.61. The van der Waals surface area contributed by atoms with E-state index in [1.807, 2.05) is 13.0 Å². The molecule has 1 unspecified atom stereocenters. The third-order valence-corrected chi connectivity index (χ3v) is 4.05. The Kier molecular flexibility index (Phi) is 3.28. The molecule has 92 valence electrons. The van der Waals surface area contributed by atoms with Gasteiger partial charge in [-0.2, -0.15) is 0 Å². The van der Waals surface area contributed by atoms with E-state index in [2.05, 4.69) is 18.0 Å². The van der Waals surface area contributed by atoms with Gasteiger partial charge in [0, 0.05) is 26.2 Å². The highest BCUT2D eigenvalue weighted by Crippen LogP contribution is 2.22. The second-order valence-corrected chi connectivity index (χ2v) is 4.99. The number of hydrogen-bond acceptors (Lipinski definition) is 3. The molecule has 2 saturated heterocycles. The standard InChI is InChI=1S/C12H18N3OS/c1-9-11(12(16)14(3)15(9)17)7-6-10-5-4-8-13(10)2/h6-7,9H,4-5,8H2,1-3H3/q+1/b10-6+,11-7-. The number of allylic oxidation sites excluding steroid dienone is 3. The van der Waals surface area contributed by atoms with Gasteiger partial charge in [-0.15, -0.1) is 5.01 Å². The Bertz CT molecular complexity index is 427. The highest BCUT2D eigenvalue weighted by Gasteiger charge is 2.42. The van der Waals surface area contributed by atoms with Crippen molar-refractivity contribution in [2.45, 2.75) is 25.8 Å². The number of rotatable bonds is 1. The van der Waals surface area contributed by atoms with Crippen LogP contribution in [-0.4, -0.2) is 46.6 Å². The summed E-state index contributed by atoms with van der Waals surface area (Å²) < 4.78 is 1.55. The normalized spacial score (nSPS) is 30.2. The van der Waals surface area contributed by atoms with Crippen molar-refractivity contribution >= 4 is 18.3 Å². The lowest BCUT2D eigenvalue weighted by molar-refractivity contribution is -0.646. The van der Waals surface area contributed by atoms with Crippen LogP contribution < -0.4 is 0 Å². The van der Waals surface area contributed by atoms with Crippen LogP contribution in [0, 0.1) is 0 Å². The third kappa shape index (κ3) is 2.11. The van der Waals surface area contributed by atoms with Gasteiger partial charge in [-0.25, -0.2) is 0 Å². The van der Waals surface area contributed by atoms with Gasteiger partial charge in [-0.05, 0) is 29.0 Å². The maximum Gasteiger partial charge on any atom is 0.311 e. The van der Waals surface area contributed by atoms with Crippen LogP contribution in [0.2, 0.25) is 0 Å². The number of carbonyl (C=O) groups excluding carboxylic acids is 1. The maximum absolute atomic E-state index is 11.9. The SMILES string of the molecule is CC1/C(=C/C=C2\CCCN2C)C(=O)N(C)[N+]1=S. The molecule has 0 N–H and O–H groups in total. The Morgan fingerprint density at radius 1 is 1.41 bits per heavy atom. The summed E-state index contributed by atoms with van der Waals surface area (Å²) in [4.78, 5) is 14.2. The van der Waals surface area contributed by atoms with E-state index in [1.54, 1.807) is 11.1 Å². The molecule has 5 heteroatoms. The van der Waals surface area contributed by atoms with E-state index in [-0.39, 0.29) is 11.9 Å². The predicted molar refractivity (Wildman–Crippen MR) is 67.9 cm³/mol. The largest absolute Gasteiger partial charge is 0.378 e. The highest BCUT2D eigenvalue weighted by atomic mass is 32.1. The highest BCUT2D eigenvalue weighted by molar-refractivity contribution is 7.44. The van der Waals surface area contributed by atoms with E-state index in [4.69, 9.17) is 12.4 Å². The summed E-state index contributed by atoms with van der Waals surface area (Å²) in [5.41, 5.74) is 2.07. The lowest BCUT2D eigenvalue weighted by atomic mass is 10.1. The van der Waals surface area contributed by atoms with Gasteiger partial charge in [0.25, 0.3) is 12.4 Å². The lowest BCUT2D eigenvalue weighted by Crippen LogP contribution is -2.27. The van der Waals surface area contributed by atoms with Gasteiger partial charge in [0.1, 0.15) is 0 Å².